The normalized spacial score (nSPS) is 20.1. The Morgan fingerprint density at radius 1 is 1.33 bits per heavy atom. The van der Waals surface area contributed by atoms with Gasteiger partial charge in [0.2, 0.25) is 0 Å². The fraction of sp³-hybridized carbons (Fsp3) is 0.846. The molecule has 0 aliphatic heterocycles. The van der Waals surface area contributed by atoms with Gasteiger partial charge in [-0.15, -0.1) is 0 Å². The molecule has 0 atom stereocenters. The maximum Gasteiger partial charge on any atom is 0.0281 e. The van der Waals surface area contributed by atoms with Gasteiger partial charge in [0, 0.05) is 17.8 Å². The van der Waals surface area contributed by atoms with Crippen LogP contribution in [0.2, 0.25) is 0 Å². The average Bonchev–Trinajstić information content (AvgIpc) is 2.30. The van der Waals surface area contributed by atoms with Gasteiger partial charge in [0.05, 0.1) is 0 Å². The van der Waals surface area contributed by atoms with Crippen molar-refractivity contribution in [1.82, 2.24) is 5.32 Å². The fourth-order valence-corrected chi connectivity index (χ4v) is 3.18. The number of nitrogens with one attached hydrogen (secondary N) is 1. The first-order valence-electron chi connectivity index (χ1n) is 6.15. The van der Waals surface area contributed by atoms with Crippen molar-refractivity contribution in [2.45, 2.75) is 50.2 Å². The predicted molar refractivity (Wildman–Crippen MR) is 71.6 cm³/mol. The highest BCUT2D eigenvalue weighted by Crippen LogP contribution is 2.37. The maximum atomic E-state index is 4.04. The summed E-state index contributed by atoms with van der Waals surface area (Å²) < 4.78 is 0.520. The minimum absolute atomic E-state index is 0.520. The van der Waals surface area contributed by atoms with Crippen LogP contribution in [0.5, 0.6) is 0 Å². The molecule has 15 heavy (non-hydrogen) atoms. The van der Waals surface area contributed by atoms with Crippen LogP contribution in [0.3, 0.4) is 0 Å². The molecule has 0 aromatic heterocycles. The summed E-state index contributed by atoms with van der Waals surface area (Å²) in [7, 11) is 0. The van der Waals surface area contributed by atoms with Crippen LogP contribution in [0.1, 0.15) is 45.4 Å². The molecule has 1 rings (SSSR count). The van der Waals surface area contributed by atoms with Crippen molar-refractivity contribution in [1.29, 1.82) is 0 Å². The highest BCUT2D eigenvalue weighted by Gasteiger charge is 2.30. The summed E-state index contributed by atoms with van der Waals surface area (Å²) in [6, 6.07) is 0. The Kier molecular flexibility index (Phi) is 5.77. The van der Waals surface area contributed by atoms with Gasteiger partial charge in [-0.3, -0.25) is 0 Å². The molecule has 0 heterocycles. The second-order valence-corrected chi connectivity index (χ2v) is 5.93. The summed E-state index contributed by atoms with van der Waals surface area (Å²) in [5.41, 5.74) is 1.32. The molecule has 1 nitrogen and oxygen atoms in total. The first kappa shape index (κ1) is 13.1. The lowest BCUT2D eigenvalue weighted by molar-refractivity contribution is 0.383. The summed E-state index contributed by atoms with van der Waals surface area (Å²) in [6.45, 7) is 8.37. The van der Waals surface area contributed by atoms with Gasteiger partial charge >= 0.3 is 0 Å². The Bertz CT molecular complexity index is 195. The second-order valence-electron chi connectivity index (χ2n) is 4.65. The van der Waals surface area contributed by atoms with Crippen molar-refractivity contribution in [3.8, 4) is 0 Å². The largest absolute Gasteiger partial charge is 0.312 e. The van der Waals surface area contributed by atoms with Crippen LogP contribution >= 0.6 is 11.8 Å². The fourth-order valence-electron chi connectivity index (χ4n) is 2.24. The SMILES string of the molecule is C=C(CC)CNCC1(SC)CCCCC1. The minimum Gasteiger partial charge on any atom is -0.312 e. The molecule has 0 radical (unpaired) electrons. The van der Waals surface area contributed by atoms with E-state index in [4.69, 9.17) is 0 Å². The van der Waals surface area contributed by atoms with E-state index in [9.17, 15) is 0 Å². The van der Waals surface area contributed by atoms with Crippen LogP contribution in [0.4, 0.5) is 0 Å². The van der Waals surface area contributed by atoms with Crippen LogP contribution < -0.4 is 5.32 Å². The van der Waals surface area contributed by atoms with E-state index in [0.717, 1.165) is 19.5 Å². The van der Waals surface area contributed by atoms with Crippen molar-refractivity contribution in [3.05, 3.63) is 12.2 Å². The van der Waals surface area contributed by atoms with Gasteiger partial charge in [0.15, 0.2) is 0 Å². The Morgan fingerprint density at radius 2 is 2.00 bits per heavy atom. The number of hydrogen-bond acceptors (Lipinski definition) is 2. The number of hydrogen-bond donors (Lipinski definition) is 1. The van der Waals surface area contributed by atoms with E-state index in [1.807, 2.05) is 0 Å². The van der Waals surface area contributed by atoms with E-state index >= 15 is 0 Å². The van der Waals surface area contributed by atoms with Crippen molar-refractivity contribution in [2.75, 3.05) is 19.3 Å². The standard InChI is InChI=1S/C13H25NS/c1-4-12(2)10-14-11-13(15-3)8-6-5-7-9-13/h14H,2,4-11H2,1,3H3. The van der Waals surface area contributed by atoms with E-state index in [0.29, 0.717) is 4.75 Å². The van der Waals surface area contributed by atoms with Crippen LogP contribution in [0, 0.1) is 0 Å². The summed E-state index contributed by atoms with van der Waals surface area (Å²) in [5.74, 6) is 0. The molecule has 1 aliphatic carbocycles. The third-order valence-electron chi connectivity index (χ3n) is 3.52. The molecular formula is C13H25NS. The third kappa shape index (κ3) is 4.20. The molecule has 88 valence electrons. The van der Waals surface area contributed by atoms with Crippen molar-refractivity contribution in [2.24, 2.45) is 0 Å². The van der Waals surface area contributed by atoms with Crippen molar-refractivity contribution < 1.29 is 0 Å². The minimum atomic E-state index is 0.520. The summed E-state index contributed by atoms with van der Waals surface area (Å²) in [6.07, 6.45) is 10.4. The summed E-state index contributed by atoms with van der Waals surface area (Å²) in [4.78, 5) is 0. The van der Waals surface area contributed by atoms with Gasteiger partial charge in [0.1, 0.15) is 0 Å². The van der Waals surface area contributed by atoms with Crippen LogP contribution in [-0.4, -0.2) is 24.1 Å². The zero-order chi connectivity index (χ0) is 11.1. The number of thioether (sulfide) groups is 1. The van der Waals surface area contributed by atoms with Gasteiger partial charge < -0.3 is 5.32 Å². The van der Waals surface area contributed by atoms with E-state index < -0.39 is 0 Å². The topological polar surface area (TPSA) is 12.0 Å². The molecule has 0 saturated heterocycles. The van der Waals surface area contributed by atoms with Gasteiger partial charge in [-0.2, -0.15) is 11.8 Å². The smallest absolute Gasteiger partial charge is 0.0281 e. The Hall–Kier alpha value is 0.0500. The van der Waals surface area contributed by atoms with E-state index in [1.54, 1.807) is 0 Å². The van der Waals surface area contributed by atoms with Gasteiger partial charge in [-0.25, -0.2) is 0 Å². The first-order valence-corrected chi connectivity index (χ1v) is 7.37. The van der Waals surface area contributed by atoms with E-state index in [1.165, 1.54) is 37.7 Å². The number of rotatable bonds is 6. The lowest BCUT2D eigenvalue weighted by Crippen LogP contribution is -2.39. The average molecular weight is 227 g/mol. The van der Waals surface area contributed by atoms with Crippen LogP contribution in [-0.2, 0) is 0 Å². The summed E-state index contributed by atoms with van der Waals surface area (Å²) in [5, 5.41) is 3.58. The quantitative estimate of drug-likeness (QED) is 0.696. The van der Waals surface area contributed by atoms with Gasteiger partial charge in [-0.05, 0) is 25.5 Å². The molecule has 1 aliphatic rings. The Labute approximate surface area is 99.1 Å². The zero-order valence-electron chi connectivity index (χ0n) is 10.3. The van der Waals surface area contributed by atoms with Crippen LogP contribution in [0.25, 0.3) is 0 Å². The molecule has 0 bridgehead atoms. The zero-order valence-corrected chi connectivity index (χ0v) is 11.1. The van der Waals surface area contributed by atoms with E-state index in [2.05, 4.69) is 36.8 Å². The molecule has 0 amide bonds. The second kappa shape index (κ2) is 6.59. The predicted octanol–water partition coefficient (Wildman–Crippen LogP) is 3.61. The Balaban J connectivity index is 2.29. The third-order valence-corrected chi connectivity index (χ3v) is 4.94. The lowest BCUT2D eigenvalue weighted by atomic mass is 9.88. The molecule has 0 unspecified atom stereocenters. The molecule has 0 aromatic rings. The van der Waals surface area contributed by atoms with Crippen LogP contribution in [0.15, 0.2) is 12.2 Å². The lowest BCUT2D eigenvalue weighted by Gasteiger charge is -2.36. The molecule has 0 spiro atoms. The Morgan fingerprint density at radius 3 is 2.53 bits per heavy atom. The molecule has 1 saturated carbocycles. The molecule has 1 fully saturated rings. The van der Waals surface area contributed by atoms with Gasteiger partial charge in [-0.1, -0.05) is 38.3 Å². The molecular weight excluding hydrogens is 202 g/mol. The molecule has 1 N–H and O–H groups in total. The monoisotopic (exact) mass is 227 g/mol. The summed E-state index contributed by atoms with van der Waals surface area (Å²) >= 11 is 2.06. The van der Waals surface area contributed by atoms with E-state index in [-0.39, 0.29) is 0 Å². The van der Waals surface area contributed by atoms with Crippen molar-refractivity contribution in [3.63, 3.8) is 0 Å². The first-order chi connectivity index (χ1) is 7.22. The molecule has 2 heteroatoms. The highest BCUT2D eigenvalue weighted by atomic mass is 32.2. The van der Waals surface area contributed by atoms with Gasteiger partial charge in [0.25, 0.3) is 0 Å². The highest BCUT2D eigenvalue weighted by molar-refractivity contribution is 8.00. The maximum absolute atomic E-state index is 4.04. The molecule has 0 aromatic carbocycles. The van der Waals surface area contributed by atoms with Crippen molar-refractivity contribution >= 4 is 11.8 Å².